The lowest BCUT2D eigenvalue weighted by Gasteiger charge is -2.21. The zero-order valence-electron chi connectivity index (χ0n) is 10.5. The number of hydrogen-bond acceptors (Lipinski definition) is 3. The molecule has 0 saturated heterocycles. The van der Waals surface area contributed by atoms with Crippen LogP contribution < -0.4 is 11.1 Å². The number of carbonyl (C=O) groups excluding carboxylic acids is 1. The smallest absolute Gasteiger partial charge is 0.326 e. The summed E-state index contributed by atoms with van der Waals surface area (Å²) in [6.07, 6.45) is 0.234. The van der Waals surface area contributed by atoms with Gasteiger partial charge in [-0.15, -0.1) is 0 Å². The zero-order valence-corrected chi connectivity index (χ0v) is 10.5. The first-order valence-corrected chi connectivity index (χ1v) is 5.67. The van der Waals surface area contributed by atoms with Crippen molar-refractivity contribution in [3.05, 3.63) is 35.9 Å². The SMILES string of the molecule is CC(C)(N)C(=O)NC(Cc1ccccc1)C(=O)O. The topological polar surface area (TPSA) is 92.4 Å². The van der Waals surface area contributed by atoms with Gasteiger partial charge >= 0.3 is 5.97 Å². The van der Waals surface area contributed by atoms with Crippen LogP contribution in [-0.4, -0.2) is 28.6 Å². The van der Waals surface area contributed by atoms with Gasteiger partial charge in [0, 0.05) is 6.42 Å². The van der Waals surface area contributed by atoms with Crippen LogP contribution in [0.25, 0.3) is 0 Å². The van der Waals surface area contributed by atoms with Gasteiger partial charge in [0.2, 0.25) is 5.91 Å². The quantitative estimate of drug-likeness (QED) is 0.711. The molecule has 0 aromatic heterocycles. The van der Waals surface area contributed by atoms with Crippen LogP contribution >= 0.6 is 0 Å². The van der Waals surface area contributed by atoms with Crippen molar-refractivity contribution >= 4 is 11.9 Å². The first kappa shape index (κ1) is 14.2. The molecule has 1 aromatic rings. The molecule has 1 amide bonds. The number of benzene rings is 1. The minimum atomic E-state index is -1.09. The zero-order chi connectivity index (χ0) is 13.8. The van der Waals surface area contributed by atoms with Crippen molar-refractivity contribution in [3.63, 3.8) is 0 Å². The molecular weight excluding hydrogens is 232 g/mol. The predicted molar refractivity (Wildman–Crippen MR) is 68.0 cm³/mol. The van der Waals surface area contributed by atoms with Gasteiger partial charge < -0.3 is 16.2 Å². The van der Waals surface area contributed by atoms with Gasteiger partial charge in [-0.3, -0.25) is 4.79 Å². The Morgan fingerprint density at radius 3 is 2.33 bits per heavy atom. The van der Waals surface area contributed by atoms with Gasteiger partial charge in [-0.1, -0.05) is 30.3 Å². The molecule has 0 bridgehead atoms. The van der Waals surface area contributed by atoms with E-state index < -0.39 is 23.5 Å². The Balaban J connectivity index is 2.73. The fourth-order valence-electron chi connectivity index (χ4n) is 1.39. The maximum atomic E-state index is 11.7. The summed E-state index contributed by atoms with van der Waals surface area (Å²) in [5, 5.41) is 11.5. The number of carboxylic acids is 1. The third kappa shape index (κ3) is 4.18. The molecule has 4 N–H and O–H groups in total. The number of amides is 1. The molecule has 0 fully saturated rings. The molecule has 18 heavy (non-hydrogen) atoms. The molecule has 0 saturated carbocycles. The highest BCUT2D eigenvalue weighted by atomic mass is 16.4. The highest BCUT2D eigenvalue weighted by Crippen LogP contribution is 2.05. The summed E-state index contributed by atoms with van der Waals surface area (Å²) in [5.41, 5.74) is 5.37. The molecule has 1 unspecified atom stereocenters. The summed E-state index contributed by atoms with van der Waals surface area (Å²) in [6, 6.07) is 8.15. The molecule has 0 aliphatic heterocycles. The summed E-state index contributed by atoms with van der Waals surface area (Å²) >= 11 is 0. The highest BCUT2D eigenvalue weighted by molar-refractivity contribution is 5.89. The molecular formula is C13H18N2O3. The standard InChI is InChI=1S/C13H18N2O3/c1-13(2,14)12(18)15-10(11(16)17)8-9-6-4-3-5-7-9/h3-7,10H,8,14H2,1-2H3,(H,15,18)(H,16,17). The Hall–Kier alpha value is -1.88. The van der Waals surface area contributed by atoms with Gasteiger partial charge in [-0.05, 0) is 19.4 Å². The molecule has 0 heterocycles. The summed E-state index contributed by atoms with van der Waals surface area (Å²) in [4.78, 5) is 22.8. The summed E-state index contributed by atoms with van der Waals surface area (Å²) in [5.74, 6) is -1.55. The van der Waals surface area contributed by atoms with Crippen molar-refractivity contribution in [2.24, 2.45) is 5.73 Å². The second-order valence-corrected chi connectivity index (χ2v) is 4.78. The lowest BCUT2D eigenvalue weighted by molar-refractivity contribution is -0.142. The van der Waals surface area contributed by atoms with E-state index in [1.54, 1.807) is 0 Å². The van der Waals surface area contributed by atoms with Crippen LogP contribution in [0, 0.1) is 0 Å². The van der Waals surface area contributed by atoms with Crippen LogP contribution in [0.15, 0.2) is 30.3 Å². The Labute approximate surface area is 106 Å². The highest BCUT2D eigenvalue weighted by Gasteiger charge is 2.27. The summed E-state index contributed by atoms with van der Waals surface area (Å²) in [7, 11) is 0. The number of aliphatic carboxylic acids is 1. The number of carboxylic acid groups (broad SMARTS) is 1. The monoisotopic (exact) mass is 250 g/mol. The van der Waals surface area contributed by atoms with Crippen LogP contribution in [0.4, 0.5) is 0 Å². The van der Waals surface area contributed by atoms with E-state index >= 15 is 0 Å². The van der Waals surface area contributed by atoms with E-state index in [9.17, 15) is 9.59 Å². The van der Waals surface area contributed by atoms with Crippen LogP contribution in [0.3, 0.4) is 0 Å². The van der Waals surface area contributed by atoms with Crippen molar-refractivity contribution in [1.82, 2.24) is 5.32 Å². The molecule has 0 aliphatic carbocycles. The van der Waals surface area contributed by atoms with Crippen molar-refractivity contribution in [2.45, 2.75) is 31.8 Å². The van der Waals surface area contributed by atoms with Gasteiger partial charge in [-0.25, -0.2) is 4.79 Å². The van der Waals surface area contributed by atoms with Crippen LogP contribution in [0.5, 0.6) is 0 Å². The Kier molecular flexibility index (Phi) is 4.44. The fourth-order valence-corrected chi connectivity index (χ4v) is 1.39. The minimum Gasteiger partial charge on any atom is -0.480 e. The lowest BCUT2D eigenvalue weighted by Crippen LogP contribution is -2.54. The molecule has 98 valence electrons. The van der Waals surface area contributed by atoms with Crippen LogP contribution in [-0.2, 0) is 16.0 Å². The van der Waals surface area contributed by atoms with E-state index in [2.05, 4.69) is 5.32 Å². The first-order chi connectivity index (χ1) is 8.30. The minimum absolute atomic E-state index is 0.234. The molecule has 0 radical (unpaired) electrons. The second-order valence-electron chi connectivity index (χ2n) is 4.78. The molecule has 5 nitrogen and oxygen atoms in total. The average Bonchev–Trinajstić information content (AvgIpc) is 2.28. The number of nitrogens with one attached hydrogen (secondary N) is 1. The molecule has 5 heteroatoms. The van der Waals surface area contributed by atoms with Crippen molar-refractivity contribution in [2.75, 3.05) is 0 Å². The third-order valence-corrected chi connectivity index (χ3v) is 2.47. The summed E-state index contributed by atoms with van der Waals surface area (Å²) in [6.45, 7) is 3.06. The van der Waals surface area contributed by atoms with Gasteiger partial charge in [0.25, 0.3) is 0 Å². The number of rotatable bonds is 5. The Bertz CT molecular complexity index is 424. The lowest BCUT2D eigenvalue weighted by atomic mass is 10.0. The van der Waals surface area contributed by atoms with Crippen molar-refractivity contribution in [1.29, 1.82) is 0 Å². The van der Waals surface area contributed by atoms with Crippen molar-refractivity contribution < 1.29 is 14.7 Å². The number of carbonyl (C=O) groups is 2. The Morgan fingerprint density at radius 2 is 1.89 bits per heavy atom. The van der Waals surface area contributed by atoms with Crippen molar-refractivity contribution in [3.8, 4) is 0 Å². The van der Waals surface area contributed by atoms with Gasteiger partial charge in [0.15, 0.2) is 0 Å². The molecule has 1 atom stereocenters. The van der Waals surface area contributed by atoms with Gasteiger partial charge in [-0.2, -0.15) is 0 Å². The molecule has 0 aliphatic rings. The molecule has 1 rings (SSSR count). The van der Waals surface area contributed by atoms with E-state index in [1.807, 2.05) is 30.3 Å². The number of nitrogens with two attached hydrogens (primary N) is 1. The molecule has 1 aromatic carbocycles. The largest absolute Gasteiger partial charge is 0.480 e. The maximum absolute atomic E-state index is 11.7. The van der Waals surface area contributed by atoms with Gasteiger partial charge in [0.05, 0.1) is 5.54 Å². The van der Waals surface area contributed by atoms with Crippen LogP contribution in [0.2, 0.25) is 0 Å². The first-order valence-electron chi connectivity index (χ1n) is 5.67. The van der Waals surface area contributed by atoms with E-state index in [0.717, 1.165) is 5.56 Å². The Morgan fingerprint density at radius 1 is 1.33 bits per heavy atom. The summed E-state index contributed by atoms with van der Waals surface area (Å²) < 4.78 is 0. The van der Waals surface area contributed by atoms with Crippen LogP contribution in [0.1, 0.15) is 19.4 Å². The fraction of sp³-hybridized carbons (Fsp3) is 0.385. The van der Waals surface area contributed by atoms with E-state index in [4.69, 9.17) is 10.8 Å². The molecule has 0 spiro atoms. The van der Waals surface area contributed by atoms with E-state index in [1.165, 1.54) is 13.8 Å². The van der Waals surface area contributed by atoms with Gasteiger partial charge in [0.1, 0.15) is 6.04 Å². The maximum Gasteiger partial charge on any atom is 0.326 e. The second kappa shape index (κ2) is 5.64. The third-order valence-electron chi connectivity index (χ3n) is 2.47. The van der Waals surface area contributed by atoms with E-state index in [0.29, 0.717) is 0 Å². The number of hydrogen-bond donors (Lipinski definition) is 3. The predicted octanol–water partition coefficient (Wildman–Crippen LogP) is 0.536. The normalized spacial score (nSPS) is 12.8. The average molecular weight is 250 g/mol. The van der Waals surface area contributed by atoms with E-state index in [-0.39, 0.29) is 6.42 Å².